The number of anilines is 1. The molecular weight excluding hydrogens is 376 g/mol. The van der Waals surface area contributed by atoms with E-state index in [-0.39, 0.29) is 11.8 Å². The Hall–Kier alpha value is -3.06. The fourth-order valence-corrected chi connectivity index (χ4v) is 4.46. The summed E-state index contributed by atoms with van der Waals surface area (Å²) in [5.74, 6) is 1.61. The van der Waals surface area contributed by atoms with Gasteiger partial charge in [0.1, 0.15) is 11.4 Å². The van der Waals surface area contributed by atoms with Crippen LogP contribution in [0.3, 0.4) is 0 Å². The maximum absolute atomic E-state index is 12.5. The standard InChI is InChI=1S/C21H20N2O4S/c1-25-15-11-17(27-3)16(26-2)9-13(15)14-10-18(24)22-20-19(23-28-21(14)20)12-7-5-4-6-8-12/h4-9,11,14H,10H2,1-3H3,(H,22,24)/t14-/m1/s1. The van der Waals surface area contributed by atoms with Crippen LogP contribution in [0, 0.1) is 0 Å². The van der Waals surface area contributed by atoms with Crippen molar-refractivity contribution in [2.75, 3.05) is 26.6 Å². The quantitative estimate of drug-likeness (QED) is 0.696. The molecule has 1 atom stereocenters. The Balaban J connectivity index is 1.86. The summed E-state index contributed by atoms with van der Waals surface area (Å²) in [6, 6.07) is 13.5. The van der Waals surface area contributed by atoms with E-state index in [1.165, 1.54) is 11.5 Å². The molecule has 0 fully saturated rings. The van der Waals surface area contributed by atoms with E-state index in [2.05, 4.69) is 9.69 Å². The van der Waals surface area contributed by atoms with Gasteiger partial charge < -0.3 is 19.5 Å². The van der Waals surface area contributed by atoms with Gasteiger partial charge in [0.2, 0.25) is 5.91 Å². The van der Waals surface area contributed by atoms with Crippen molar-refractivity contribution in [2.45, 2.75) is 12.3 Å². The third-order valence-electron chi connectivity index (χ3n) is 4.85. The summed E-state index contributed by atoms with van der Waals surface area (Å²) in [5.41, 5.74) is 3.41. The maximum atomic E-state index is 12.5. The summed E-state index contributed by atoms with van der Waals surface area (Å²) < 4.78 is 21.1. The van der Waals surface area contributed by atoms with Crippen LogP contribution >= 0.6 is 11.5 Å². The van der Waals surface area contributed by atoms with E-state index in [4.69, 9.17) is 14.2 Å². The Morgan fingerprint density at radius 2 is 1.68 bits per heavy atom. The number of nitrogens with one attached hydrogen (secondary N) is 1. The monoisotopic (exact) mass is 396 g/mol. The maximum Gasteiger partial charge on any atom is 0.225 e. The Kier molecular flexibility index (Phi) is 4.92. The Morgan fingerprint density at radius 1 is 1.00 bits per heavy atom. The van der Waals surface area contributed by atoms with Crippen LogP contribution in [0.2, 0.25) is 0 Å². The van der Waals surface area contributed by atoms with Crippen molar-refractivity contribution in [2.24, 2.45) is 0 Å². The fourth-order valence-electron chi connectivity index (χ4n) is 3.50. The van der Waals surface area contributed by atoms with Crippen molar-refractivity contribution in [1.29, 1.82) is 0 Å². The van der Waals surface area contributed by atoms with Crippen LogP contribution in [0.15, 0.2) is 42.5 Å². The third kappa shape index (κ3) is 3.07. The third-order valence-corrected chi connectivity index (χ3v) is 5.81. The highest BCUT2D eigenvalue weighted by molar-refractivity contribution is 7.07. The molecule has 1 aromatic heterocycles. The molecule has 144 valence electrons. The fraction of sp³-hybridized carbons (Fsp3) is 0.238. The minimum absolute atomic E-state index is 0.0493. The van der Waals surface area contributed by atoms with Crippen LogP contribution in [0.5, 0.6) is 17.2 Å². The predicted molar refractivity (Wildman–Crippen MR) is 109 cm³/mol. The molecule has 0 saturated carbocycles. The molecule has 1 aliphatic rings. The van der Waals surface area contributed by atoms with Gasteiger partial charge in [0.15, 0.2) is 11.5 Å². The van der Waals surface area contributed by atoms with Crippen LogP contribution in [0.25, 0.3) is 11.3 Å². The molecule has 1 N–H and O–H groups in total. The Bertz CT molecular complexity index is 1020. The van der Waals surface area contributed by atoms with Gasteiger partial charge in [-0.05, 0) is 17.6 Å². The zero-order chi connectivity index (χ0) is 19.7. The highest BCUT2D eigenvalue weighted by atomic mass is 32.1. The van der Waals surface area contributed by atoms with E-state index >= 15 is 0 Å². The largest absolute Gasteiger partial charge is 0.496 e. The second kappa shape index (κ2) is 7.52. The molecule has 1 amide bonds. The molecule has 0 unspecified atom stereocenters. The average Bonchev–Trinajstić information content (AvgIpc) is 3.16. The van der Waals surface area contributed by atoms with Gasteiger partial charge in [-0.3, -0.25) is 4.79 Å². The van der Waals surface area contributed by atoms with Crippen molar-refractivity contribution in [3.05, 3.63) is 52.9 Å². The first-order chi connectivity index (χ1) is 13.7. The summed E-state index contributed by atoms with van der Waals surface area (Å²) in [4.78, 5) is 13.5. The van der Waals surface area contributed by atoms with Gasteiger partial charge in [-0.15, -0.1) is 0 Å². The van der Waals surface area contributed by atoms with Crippen molar-refractivity contribution < 1.29 is 19.0 Å². The molecule has 1 aliphatic heterocycles. The number of aromatic nitrogens is 1. The van der Waals surface area contributed by atoms with E-state index in [1.807, 2.05) is 36.4 Å². The molecule has 0 aliphatic carbocycles. The predicted octanol–water partition coefficient (Wildman–Crippen LogP) is 4.31. The number of methoxy groups -OCH3 is 3. The van der Waals surface area contributed by atoms with E-state index in [0.29, 0.717) is 23.7 Å². The molecule has 4 rings (SSSR count). The van der Waals surface area contributed by atoms with Gasteiger partial charge in [-0.1, -0.05) is 30.3 Å². The lowest BCUT2D eigenvalue weighted by atomic mass is 9.88. The molecule has 6 nitrogen and oxygen atoms in total. The zero-order valence-electron chi connectivity index (χ0n) is 15.8. The molecule has 3 aromatic rings. The molecule has 7 heteroatoms. The van der Waals surface area contributed by atoms with Gasteiger partial charge in [0.25, 0.3) is 0 Å². The zero-order valence-corrected chi connectivity index (χ0v) is 16.6. The second-order valence-corrected chi connectivity index (χ2v) is 7.20. The SMILES string of the molecule is COc1cc(OC)c([C@H]2CC(=O)Nc3c(-c4ccccc4)nsc32)cc1OC. The van der Waals surface area contributed by atoms with Gasteiger partial charge in [-0.25, -0.2) is 0 Å². The van der Waals surface area contributed by atoms with E-state index in [0.717, 1.165) is 27.4 Å². The molecule has 0 saturated heterocycles. The van der Waals surface area contributed by atoms with Crippen LogP contribution < -0.4 is 19.5 Å². The van der Waals surface area contributed by atoms with E-state index in [1.54, 1.807) is 27.4 Å². The summed E-state index contributed by atoms with van der Waals surface area (Å²) in [6.45, 7) is 0. The van der Waals surface area contributed by atoms with Gasteiger partial charge in [0.05, 0.1) is 31.9 Å². The Morgan fingerprint density at radius 3 is 2.36 bits per heavy atom. The molecular formula is C21H20N2O4S. The first-order valence-corrected chi connectivity index (χ1v) is 9.58. The number of ether oxygens (including phenoxy) is 3. The van der Waals surface area contributed by atoms with Crippen molar-refractivity contribution in [3.63, 3.8) is 0 Å². The lowest BCUT2D eigenvalue weighted by Gasteiger charge is -2.25. The van der Waals surface area contributed by atoms with Crippen molar-refractivity contribution in [3.8, 4) is 28.5 Å². The number of amides is 1. The van der Waals surface area contributed by atoms with Crippen LogP contribution in [-0.4, -0.2) is 31.6 Å². The number of carbonyl (C=O) groups is 1. The highest BCUT2D eigenvalue weighted by Gasteiger charge is 2.34. The van der Waals surface area contributed by atoms with E-state index in [9.17, 15) is 4.79 Å². The number of fused-ring (bicyclic) bond motifs is 1. The first kappa shape index (κ1) is 18.3. The number of rotatable bonds is 5. The first-order valence-electron chi connectivity index (χ1n) is 8.81. The number of nitrogens with zero attached hydrogens (tertiary/aromatic N) is 1. The molecule has 2 heterocycles. The summed E-state index contributed by atoms with van der Waals surface area (Å²) >= 11 is 1.40. The minimum atomic E-state index is -0.173. The lowest BCUT2D eigenvalue weighted by Crippen LogP contribution is -2.22. The van der Waals surface area contributed by atoms with Gasteiger partial charge in [-0.2, -0.15) is 4.37 Å². The molecule has 28 heavy (non-hydrogen) atoms. The number of benzene rings is 2. The van der Waals surface area contributed by atoms with Crippen LogP contribution in [-0.2, 0) is 4.79 Å². The average molecular weight is 396 g/mol. The minimum Gasteiger partial charge on any atom is -0.496 e. The van der Waals surface area contributed by atoms with E-state index < -0.39 is 0 Å². The summed E-state index contributed by atoms with van der Waals surface area (Å²) in [6.07, 6.45) is 0.315. The number of hydrogen-bond donors (Lipinski definition) is 1. The van der Waals surface area contributed by atoms with Crippen molar-refractivity contribution in [1.82, 2.24) is 4.37 Å². The van der Waals surface area contributed by atoms with Crippen molar-refractivity contribution >= 4 is 23.1 Å². The topological polar surface area (TPSA) is 69.7 Å². The van der Waals surface area contributed by atoms with Crippen LogP contribution in [0.1, 0.15) is 22.8 Å². The molecule has 0 spiro atoms. The molecule has 0 bridgehead atoms. The normalized spacial score (nSPS) is 15.5. The van der Waals surface area contributed by atoms with Crippen LogP contribution in [0.4, 0.5) is 5.69 Å². The molecule has 0 radical (unpaired) electrons. The lowest BCUT2D eigenvalue weighted by molar-refractivity contribution is -0.116. The summed E-state index contributed by atoms with van der Waals surface area (Å²) in [5, 5.41) is 3.01. The smallest absolute Gasteiger partial charge is 0.225 e. The highest BCUT2D eigenvalue weighted by Crippen LogP contribution is 2.48. The second-order valence-electron chi connectivity index (χ2n) is 6.39. The Labute approximate surface area is 167 Å². The summed E-state index contributed by atoms with van der Waals surface area (Å²) in [7, 11) is 4.78. The molecule has 2 aromatic carbocycles. The van der Waals surface area contributed by atoms with Gasteiger partial charge >= 0.3 is 0 Å². The number of carbonyl (C=O) groups excluding carboxylic acids is 1. The van der Waals surface area contributed by atoms with Gasteiger partial charge in [0, 0.05) is 29.5 Å². The number of hydrogen-bond acceptors (Lipinski definition) is 6.